The van der Waals surface area contributed by atoms with Gasteiger partial charge < -0.3 is 19.4 Å². The van der Waals surface area contributed by atoms with Gasteiger partial charge in [-0.2, -0.15) is 0 Å². The third kappa shape index (κ3) is 10.2. The van der Waals surface area contributed by atoms with Gasteiger partial charge in [-0.15, -0.1) is 0 Å². The monoisotopic (exact) mass is 535 g/mol. The van der Waals surface area contributed by atoms with Gasteiger partial charge in [0.15, 0.2) is 11.5 Å². The van der Waals surface area contributed by atoms with Crippen LogP contribution >= 0.6 is 0 Å². The third-order valence-corrected chi connectivity index (χ3v) is 7.43. The number of nitrogens with one attached hydrogen (secondary N) is 1. The van der Waals surface area contributed by atoms with Crippen LogP contribution in [0.2, 0.25) is 0 Å². The van der Waals surface area contributed by atoms with Crippen LogP contribution in [0.5, 0.6) is 11.5 Å². The standard InChI is InChI=1S/C33H49N3O3/c1-4-5-6-7-8-9-10-11-17-24-36-29-19-15-14-18-28(29)35-32(36)20-13-12-16-23-34-33(37)26-27-21-22-30(38-2)31(25-27)39-3/h14-15,18-19,21-22,25H,4-13,16-17,20,23-24,26H2,1-3H3,(H,34,37). The second-order valence-electron chi connectivity index (χ2n) is 10.5. The fraction of sp³-hybridized carbons (Fsp3) is 0.576. The van der Waals surface area contributed by atoms with Crippen molar-refractivity contribution in [3.05, 3.63) is 53.9 Å². The van der Waals surface area contributed by atoms with Crippen LogP contribution < -0.4 is 14.8 Å². The fourth-order valence-corrected chi connectivity index (χ4v) is 5.20. The number of aryl methyl sites for hydroxylation is 2. The predicted octanol–water partition coefficient (Wildman–Crippen LogP) is 7.66. The highest BCUT2D eigenvalue weighted by atomic mass is 16.5. The molecule has 0 atom stereocenters. The Morgan fingerprint density at radius 2 is 1.51 bits per heavy atom. The molecule has 0 bridgehead atoms. The van der Waals surface area contributed by atoms with Crippen molar-refractivity contribution in [2.24, 2.45) is 0 Å². The Bertz CT molecular complexity index is 1120. The number of rotatable bonds is 20. The van der Waals surface area contributed by atoms with E-state index < -0.39 is 0 Å². The van der Waals surface area contributed by atoms with Crippen LogP contribution in [-0.2, 0) is 24.2 Å². The molecule has 0 saturated carbocycles. The maximum absolute atomic E-state index is 12.4. The molecule has 2 aromatic carbocycles. The summed E-state index contributed by atoms with van der Waals surface area (Å²) < 4.78 is 13.1. The summed E-state index contributed by atoms with van der Waals surface area (Å²) in [5, 5.41) is 3.06. The summed E-state index contributed by atoms with van der Waals surface area (Å²) in [7, 11) is 3.21. The summed E-state index contributed by atoms with van der Waals surface area (Å²) in [6.07, 6.45) is 16.5. The van der Waals surface area contributed by atoms with Crippen molar-refractivity contribution in [3.63, 3.8) is 0 Å². The zero-order valence-electron chi connectivity index (χ0n) is 24.5. The Labute approximate surface area is 235 Å². The number of methoxy groups -OCH3 is 2. The van der Waals surface area contributed by atoms with Crippen LogP contribution in [-0.4, -0.2) is 36.2 Å². The van der Waals surface area contributed by atoms with Gasteiger partial charge in [0.05, 0.1) is 31.7 Å². The number of imidazole rings is 1. The minimum Gasteiger partial charge on any atom is -0.493 e. The summed E-state index contributed by atoms with van der Waals surface area (Å²) >= 11 is 0. The number of carbonyl (C=O) groups excluding carboxylic acids is 1. The number of amides is 1. The van der Waals surface area contributed by atoms with E-state index in [1.807, 2.05) is 18.2 Å². The highest BCUT2D eigenvalue weighted by Gasteiger charge is 2.11. The van der Waals surface area contributed by atoms with Crippen molar-refractivity contribution >= 4 is 16.9 Å². The highest BCUT2D eigenvalue weighted by molar-refractivity contribution is 5.78. The van der Waals surface area contributed by atoms with Crippen molar-refractivity contribution in [3.8, 4) is 11.5 Å². The zero-order valence-corrected chi connectivity index (χ0v) is 24.5. The van der Waals surface area contributed by atoms with Crippen molar-refractivity contribution in [1.82, 2.24) is 14.9 Å². The fourth-order valence-electron chi connectivity index (χ4n) is 5.20. The predicted molar refractivity (Wildman–Crippen MR) is 161 cm³/mol. The molecule has 6 nitrogen and oxygen atoms in total. The molecule has 1 N–H and O–H groups in total. The number of benzene rings is 2. The van der Waals surface area contributed by atoms with Gasteiger partial charge >= 0.3 is 0 Å². The van der Waals surface area contributed by atoms with Crippen LogP contribution in [0.3, 0.4) is 0 Å². The molecular formula is C33H49N3O3. The van der Waals surface area contributed by atoms with Gasteiger partial charge in [-0.25, -0.2) is 4.98 Å². The normalized spacial score (nSPS) is 11.2. The Morgan fingerprint density at radius 1 is 0.821 bits per heavy atom. The first-order valence-corrected chi connectivity index (χ1v) is 15.1. The Kier molecular flexibility index (Phi) is 13.7. The molecule has 0 radical (unpaired) electrons. The quantitative estimate of drug-likeness (QED) is 0.151. The molecule has 39 heavy (non-hydrogen) atoms. The van der Waals surface area contributed by atoms with Gasteiger partial charge in [0.1, 0.15) is 5.82 Å². The molecule has 3 rings (SSSR count). The molecule has 0 unspecified atom stereocenters. The SMILES string of the molecule is CCCCCCCCCCCn1c(CCCCCNC(=O)Cc2ccc(OC)c(OC)c2)nc2ccccc21. The molecule has 1 aromatic heterocycles. The van der Waals surface area contributed by atoms with E-state index in [-0.39, 0.29) is 5.91 Å². The van der Waals surface area contributed by atoms with Crippen molar-refractivity contribution in [2.75, 3.05) is 20.8 Å². The zero-order chi connectivity index (χ0) is 27.7. The van der Waals surface area contributed by atoms with E-state index in [4.69, 9.17) is 14.5 Å². The van der Waals surface area contributed by atoms with Crippen LogP contribution in [0.4, 0.5) is 0 Å². The number of hydrogen-bond donors (Lipinski definition) is 1. The van der Waals surface area contributed by atoms with Crippen molar-refractivity contribution < 1.29 is 14.3 Å². The first-order chi connectivity index (χ1) is 19.2. The number of para-hydroxylation sites is 2. The molecule has 3 aromatic rings. The van der Waals surface area contributed by atoms with E-state index in [1.54, 1.807) is 14.2 Å². The van der Waals surface area contributed by atoms with E-state index in [0.29, 0.717) is 24.5 Å². The average molecular weight is 536 g/mol. The summed E-state index contributed by atoms with van der Waals surface area (Å²) in [5.41, 5.74) is 3.27. The minimum absolute atomic E-state index is 0.0324. The smallest absolute Gasteiger partial charge is 0.224 e. The Hall–Kier alpha value is -3.02. The molecular weight excluding hydrogens is 486 g/mol. The summed E-state index contributed by atoms with van der Waals surface area (Å²) in [5.74, 6) is 2.55. The first kappa shape index (κ1) is 30.5. The van der Waals surface area contributed by atoms with Crippen molar-refractivity contribution in [1.29, 1.82) is 0 Å². The number of aromatic nitrogens is 2. The van der Waals surface area contributed by atoms with Crippen molar-refractivity contribution in [2.45, 2.75) is 103 Å². The topological polar surface area (TPSA) is 65.4 Å². The molecule has 0 spiro atoms. The van der Waals surface area contributed by atoms with Gasteiger partial charge in [-0.1, -0.05) is 82.9 Å². The Balaban J connectivity index is 1.36. The highest BCUT2D eigenvalue weighted by Crippen LogP contribution is 2.27. The number of fused-ring (bicyclic) bond motifs is 1. The summed E-state index contributed by atoms with van der Waals surface area (Å²) in [4.78, 5) is 17.4. The van der Waals surface area contributed by atoms with Gasteiger partial charge in [-0.05, 0) is 49.1 Å². The summed E-state index contributed by atoms with van der Waals surface area (Å²) in [6.45, 7) is 4.02. The molecule has 0 aliphatic carbocycles. The van der Waals surface area contributed by atoms with Gasteiger partial charge in [-0.3, -0.25) is 4.79 Å². The lowest BCUT2D eigenvalue weighted by atomic mass is 10.1. The van der Waals surface area contributed by atoms with Gasteiger partial charge in [0, 0.05) is 19.5 Å². The second kappa shape index (κ2) is 17.5. The lowest BCUT2D eigenvalue weighted by molar-refractivity contribution is -0.120. The molecule has 0 saturated heterocycles. The molecule has 1 heterocycles. The van der Waals surface area contributed by atoms with E-state index in [1.165, 1.54) is 69.1 Å². The average Bonchev–Trinajstić information content (AvgIpc) is 3.31. The number of unbranched alkanes of at least 4 members (excludes halogenated alkanes) is 10. The lowest BCUT2D eigenvalue weighted by Gasteiger charge is -2.10. The first-order valence-electron chi connectivity index (χ1n) is 15.1. The van der Waals surface area contributed by atoms with E-state index in [0.717, 1.165) is 43.3 Å². The number of carbonyl (C=O) groups is 1. The molecule has 214 valence electrons. The molecule has 0 aliphatic rings. The second-order valence-corrected chi connectivity index (χ2v) is 10.5. The molecule has 0 aliphatic heterocycles. The minimum atomic E-state index is 0.0324. The number of hydrogen-bond acceptors (Lipinski definition) is 4. The van der Waals surface area contributed by atoms with Crippen LogP contribution in [0.1, 0.15) is 95.4 Å². The van der Waals surface area contributed by atoms with Gasteiger partial charge in [0.2, 0.25) is 5.91 Å². The maximum atomic E-state index is 12.4. The maximum Gasteiger partial charge on any atom is 0.224 e. The summed E-state index contributed by atoms with van der Waals surface area (Å²) in [6, 6.07) is 14.1. The lowest BCUT2D eigenvalue weighted by Crippen LogP contribution is -2.26. The molecule has 1 amide bonds. The third-order valence-electron chi connectivity index (χ3n) is 7.43. The van der Waals surface area contributed by atoms with E-state index in [2.05, 4.69) is 41.1 Å². The van der Waals surface area contributed by atoms with Crippen LogP contribution in [0.15, 0.2) is 42.5 Å². The number of ether oxygens (including phenoxy) is 2. The van der Waals surface area contributed by atoms with E-state index in [9.17, 15) is 4.79 Å². The van der Waals surface area contributed by atoms with Gasteiger partial charge in [0.25, 0.3) is 0 Å². The Morgan fingerprint density at radius 3 is 2.26 bits per heavy atom. The van der Waals surface area contributed by atoms with Crippen LogP contribution in [0.25, 0.3) is 11.0 Å². The van der Waals surface area contributed by atoms with Crippen LogP contribution in [0, 0.1) is 0 Å². The number of nitrogens with zero attached hydrogens (tertiary/aromatic N) is 2. The largest absolute Gasteiger partial charge is 0.493 e. The molecule has 0 fully saturated rings. The molecule has 6 heteroatoms. The van der Waals surface area contributed by atoms with E-state index >= 15 is 0 Å².